The van der Waals surface area contributed by atoms with Crippen LogP contribution in [0.3, 0.4) is 0 Å². The summed E-state index contributed by atoms with van der Waals surface area (Å²) < 4.78 is 1.69. The lowest BCUT2D eigenvalue weighted by molar-refractivity contribution is 0.251. The van der Waals surface area contributed by atoms with Gasteiger partial charge in [0.1, 0.15) is 0 Å². The SMILES string of the molecule is CCCC(c1cccc2c3ccccc3n(C(N)=O)c12)C(C)(C)C. The highest BCUT2D eigenvalue weighted by Crippen LogP contribution is 2.43. The van der Waals surface area contributed by atoms with E-state index in [4.69, 9.17) is 5.73 Å². The van der Waals surface area contributed by atoms with Crippen LogP contribution in [0.2, 0.25) is 0 Å². The molecule has 3 heteroatoms. The summed E-state index contributed by atoms with van der Waals surface area (Å²) in [6, 6.07) is 13.9. The maximum Gasteiger partial charge on any atom is 0.323 e. The number of carbonyl (C=O) groups excluding carboxylic acids is 1. The van der Waals surface area contributed by atoms with Crippen molar-refractivity contribution in [1.29, 1.82) is 0 Å². The monoisotopic (exact) mass is 322 g/mol. The number of rotatable bonds is 3. The molecule has 2 N–H and O–H groups in total. The number of fused-ring (bicyclic) bond motifs is 3. The van der Waals surface area contributed by atoms with E-state index in [2.05, 4.69) is 52.0 Å². The first-order chi connectivity index (χ1) is 11.4. The van der Waals surface area contributed by atoms with Crippen molar-refractivity contribution in [2.24, 2.45) is 11.1 Å². The molecule has 3 rings (SSSR count). The van der Waals surface area contributed by atoms with Crippen LogP contribution >= 0.6 is 0 Å². The van der Waals surface area contributed by atoms with Crippen molar-refractivity contribution in [2.75, 3.05) is 0 Å². The summed E-state index contributed by atoms with van der Waals surface area (Å²) in [4.78, 5) is 12.3. The molecule has 3 nitrogen and oxygen atoms in total. The van der Waals surface area contributed by atoms with E-state index in [1.807, 2.05) is 18.2 Å². The zero-order chi connectivity index (χ0) is 17.5. The normalized spacial score (nSPS) is 13.5. The molecular weight excluding hydrogens is 296 g/mol. The maximum absolute atomic E-state index is 12.3. The highest BCUT2D eigenvalue weighted by atomic mass is 16.2. The summed E-state index contributed by atoms with van der Waals surface area (Å²) >= 11 is 0. The minimum Gasteiger partial charge on any atom is -0.351 e. The number of nitrogens with zero attached hydrogens (tertiary/aromatic N) is 1. The molecule has 2 aromatic carbocycles. The minimum atomic E-state index is -0.419. The lowest BCUT2D eigenvalue weighted by atomic mass is 9.73. The van der Waals surface area contributed by atoms with Crippen LogP contribution in [0.5, 0.6) is 0 Å². The second-order valence-electron chi connectivity index (χ2n) is 7.64. The predicted octanol–water partition coefficient (Wildman–Crippen LogP) is 5.65. The summed E-state index contributed by atoms with van der Waals surface area (Å²) in [5.74, 6) is 0.369. The molecule has 24 heavy (non-hydrogen) atoms. The van der Waals surface area contributed by atoms with E-state index in [1.54, 1.807) is 4.57 Å². The summed E-state index contributed by atoms with van der Waals surface area (Å²) in [6.07, 6.45) is 2.19. The quantitative estimate of drug-likeness (QED) is 0.665. The molecule has 0 fully saturated rings. The number of aromatic nitrogens is 1. The van der Waals surface area contributed by atoms with Gasteiger partial charge in [0.2, 0.25) is 0 Å². The lowest BCUT2D eigenvalue weighted by Gasteiger charge is -2.32. The van der Waals surface area contributed by atoms with Gasteiger partial charge in [-0.1, -0.05) is 70.5 Å². The van der Waals surface area contributed by atoms with Gasteiger partial charge in [0, 0.05) is 10.8 Å². The van der Waals surface area contributed by atoms with Gasteiger partial charge >= 0.3 is 6.03 Å². The molecule has 126 valence electrons. The first-order valence-corrected chi connectivity index (χ1v) is 8.68. The number of para-hydroxylation sites is 2. The number of amides is 1. The summed E-state index contributed by atoms with van der Waals surface area (Å²) in [5.41, 5.74) is 8.96. The first-order valence-electron chi connectivity index (χ1n) is 8.68. The molecule has 1 unspecified atom stereocenters. The Labute approximate surface area is 143 Å². The number of hydrogen-bond donors (Lipinski definition) is 1. The van der Waals surface area contributed by atoms with Crippen molar-refractivity contribution in [3.05, 3.63) is 48.0 Å². The highest BCUT2D eigenvalue weighted by Gasteiger charge is 2.29. The van der Waals surface area contributed by atoms with Gasteiger partial charge in [-0.25, -0.2) is 4.79 Å². The third-order valence-corrected chi connectivity index (χ3v) is 4.94. The molecule has 0 aliphatic carbocycles. The number of carbonyl (C=O) groups is 1. The lowest BCUT2D eigenvalue weighted by Crippen LogP contribution is -2.23. The smallest absolute Gasteiger partial charge is 0.323 e. The average Bonchev–Trinajstić information content (AvgIpc) is 2.86. The molecule has 0 bridgehead atoms. The Morgan fingerprint density at radius 1 is 1.08 bits per heavy atom. The largest absolute Gasteiger partial charge is 0.351 e. The first kappa shape index (κ1) is 16.6. The van der Waals surface area contributed by atoms with Crippen molar-refractivity contribution in [1.82, 2.24) is 4.57 Å². The van der Waals surface area contributed by atoms with Gasteiger partial charge < -0.3 is 5.73 Å². The van der Waals surface area contributed by atoms with E-state index in [-0.39, 0.29) is 5.41 Å². The maximum atomic E-state index is 12.3. The van der Waals surface area contributed by atoms with E-state index in [1.165, 1.54) is 5.56 Å². The molecule has 0 spiro atoms. The molecule has 1 amide bonds. The van der Waals surface area contributed by atoms with Crippen LogP contribution in [-0.4, -0.2) is 10.6 Å². The van der Waals surface area contributed by atoms with Gasteiger partial charge in [-0.2, -0.15) is 0 Å². The van der Waals surface area contributed by atoms with Crippen LogP contribution in [-0.2, 0) is 0 Å². The minimum absolute atomic E-state index is 0.114. The second kappa shape index (κ2) is 5.97. The zero-order valence-electron chi connectivity index (χ0n) is 15.0. The van der Waals surface area contributed by atoms with Crippen LogP contribution < -0.4 is 5.73 Å². The second-order valence-corrected chi connectivity index (χ2v) is 7.64. The van der Waals surface area contributed by atoms with Gasteiger partial charge in [0.25, 0.3) is 0 Å². The van der Waals surface area contributed by atoms with Crippen molar-refractivity contribution < 1.29 is 4.79 Å². The molecule has 0 aliphatic heterocycles. The van der Waals surface area contributed by atoms with E-state index in [0.717, 1.165) is 34.6 Å². The fourth-order valence-electron chi connectivity index (χ4n) is 3.90. The summed E-state index contributed by atoms with van der Waals surface area (Å²) in [5, 5.41) is 2.18. The Morgan fingerprint density at radius 3 is 2.38 bits per heavy atom. The van der Waals surface area contributed by atoms with Crippen LogP contribution in [0.15, 0.2) is 42.5 Å². The fraction of sp³-hybridized carbons (Fsp3) is 0.381. The Balaban J connectivity index is 2.44. The number of hydrogen-bond acceptors (Lipinski definition) is 1. The number of primary amides is 1. The predicted molar refractivity (Wildman–Crippen MR) is 102 cm³/mol. The number of benzene rings is 2. The molecule has 0 saturated carbocycles. The van der Waals surface area contributed by atoms with Crippen molar-refractivity contribution >= 4 is 27.8 Å². The van der Waals surface area contributed by atoms with Crippen LogP contribution in [0.4, 0.5) is 4.79 Å². The fourth-order valence-corrected chi connectivity index (χ4v) is 3.90. The van der Waals surface area contributed by atoms with E-state index in [9.17, 15) is 4.79 Å². The molecule has 1 aromatic heterocycles. The van der Waals surface area contributed by atoms with Crippen LogP contribution in [0, 0.1) is 5.41 Å². The topological polar surface area (TPSA) is 48.0 Å². The molecule has 1 atom stereocenters. The zero-order valence-corrected chi connectivity index (χ0v) is 15.0. The van der Waals surface area contributed by atoms with Crippen LogP contribution in [0.25, 0.3) is 21.8 Å². The molecule has 3 aromatic rings. The van der Waals surface area contributed by atoms with E-state index in [0.29, 0.717) is 5.92 Å². The third kappa shape index (κ3) is 2.58. The van der Waals surface area contributed by atoms with Gasteiger partial charge in [-0.05, 0) is 29.4 Å². The highest BCUT2D eigenvalue weighted by molar-refractivity contribution is 6.13. The average molecular weight is 322 g/mol. The Kier molecular flexibility index (Phi) is 4.12. The van der Waals surface area contributed by atoms with Gasteiger partial charge in [0.05, 0.1) is 11.0 Å². The molecule has 0 saturated heterocycles. The molecule has 0 aliphatic rings. The molecule has 0 radical (unpaired) electrons. The standard InChI is InChI=1S/C21H26N2O/c1-5-9-17(21(2,3)4)16-12-8-11-15-14-10-6-7-13-18(14)23(19(15)16)20(22)24/h6-8,10-13,17H,5,9H2,1-4H3,(H2,22,24). The van der Waals surface area contributed by atoms with E-state index < -0.39 is 6.03 Å². The van der Waals surface area contributed by atoms with Gasteiger partial charge in [0.15, 0.2) is 0 Å². The van der Waals surface area contributed by atoms with Gasteiger partial charge in [-0.3, -0.25) is 4.57 Å². The summed E-state index contributed by atoms with van der Waals surface area (Å²) in [7, 11) is 0. The Hall–Kier alpha value is -2.29. The third-order valence-electron chi connectivity index (χ3n) is 4.94. The molecular formula is C21H26N2O. The number of nitrogens with two attached hydrogens (primary N) is 1. The van der Waals surface area contributed by atoms with Gasteiger partial charge in [-0.15, -0.1) is 0 Å². The summed E-state index contributed by atoms with van der Waals surface area (Å²) in [6.45, 7) is 9.01. The van der Waals surface area contributed by atoms with E-state index >= 15 is 0 Å². The van der Waals surface area contributed by atoms with Crippen LogP contribution in [0.1, 0.15) is 52.0 Å². The Morgan fingerprint density at radius 2 is 1.75 bits per heavy atom. The Bertz CT molecular complexity index is 899. The van der Waals surface area contributed by atoms with Crippen molar-refractivity contribution in [2.45, 2.75) is 46.5 Å². The van der Waals surface area contributed by atoms with Crippen molar-refractivity contribution in [3.8, 4) is 0 Å². The van der Waals surface area contributed by atoms with Crippen molar-refractivity contribution in [3.63, 3.8) is 0 Å². The molecule has 1 heterocycles.